The van der Waals surface area contributed by atoms with Crippen LogP contribution in [0.15, 0.2) is 12.1 Å². The second kappa shape index (κ2) is 5.67. The minimum Gasteiger partial charge on any atom is -0.394 e. The fraction of sp³-hybridized carbons (Fsp3) is 0.667. The summed E-state index contributed by atoms with van der Waals surface area (Å²) in [6.45, 7) is 6.06. The Bertz CT molecular complexity index is 365. The van der Waals surface area contributed by atoms with Crippen LogP contribution in [-0.4, -0.2) is 35.2 Å². The summed E-state index contributed by atoms with van der Waals surface area (Å²) >= 11 is 7.51. The normalized spacial score (nSPS) is 16.2. The predicted molar refractivity (Wildman–Crippen MR) is 74.6 cm³/mol. The molecule has 98 valence electrons. The van der Waals surface area contributed by atoms with Gasteiger partial charge >= 0.3 is 0 Å². The van der Waals surface area contributed by atoms with Crippen molar-refractivity contribution < 1.29 is 5.11 Å². The molecule has 2 unspecified atom stereocenters. The molecule has 1 heterocycles. The number of hydrogen-bond donors (Lipinski definition) is 2. The number of nitrogens with zero attached hydrogens (tertiary/aromatic N) is 1. The fourth-order valence-electron chi connectivity index (χ4n) is 1.78. The maximum absolute atomic E-state index is 9.44. The number of nitrogens with two attached hydrogens (primary N) is 1. The summed E-state index contributed by atoms with van der Waals surface area (Å²) in [5.74, 6) is 0. The summed E-state index contributed by atoms with van der Waals surface area (Å²) in [5.41, 5.74) is 5.76. The molecule has 0 amide bonds. The first-order valence-electron chi connectivity index (χ1n) is 5.64. The fourth-order valence-corrected chi connectivity index (χ4v) is 3.10. The van der Waals surface area contributed by atoms with Crippen LogP contribution in [0.25, 0.3) is 0 Å². The number of thiophene rings is 1. The van der Waals surface area contributed by atoms with Gasteiger partial charge in [0.15, 0.2) is 0 Å². The van der Waals surface area contributed by atoms with Crippen molar-refractivity contribution in [2.45, 2.75) is 38.4 Å². The van der Waals surface area contributed by atoms with E-state index in [1.807, 2.05) is 40.0 Å². The maximum Gasteiger partial charge on any atom is 0.0931 e. The largest absolute Gasteiger partial charge is 0.394 e. The average molecular weight is 277 g/mol. The minimum atomic E-state index is -0.311. The molecule has 0 aliphatic rings. The monoisotopic (exact) mass is 276 g/mol. The Morgan fingerprint density at radius 1 is 1.53 bits per heavy atom. The van der Waals surface area contributed by atoms with Gasteiger partial charge in [0, 0.05) is 16.5 Å². The quantitative estimate of drug-likeness (QED) is 0.869. The van der Waals surface area contributed by atoms with Gasteiger partial charge in [0.1, 0.15) is 0 Å². The Morgan fingerprint density at radius 2 is 2.12 bits per heavy atom. The molecule has 0 spiro atoms. The van der Waals surface area contributed by atoms with Crippen molar-refractivity contribution >= 4 is 22.9 Å². The standard InChI is InChI=1S/C12H21ClN2OS/c1-8(14)11(9-5-6-10(13)17-9)15(4)12(2,3)7-16/h5-6,8,11,16H,7,14H2,1-4H3. The molecule has 0 aliphatic heterocycles. The average Bonchev–Trinajstić information content (AvgIpc) is 2.64. The molecule has 1 rings (SSSR count). The van der Waals surface area contributed by atoms with Crippen molar-refractivity contribution in [3.8, 4) is 0 Å². The van der Waals surface area contributed by atoms with Crippen LogP contribution >= 0.6 is 22.9 Å². The van der Waals surface area contributed by atoms with Crippen molar-refractivity contribution in [1.82, 2.24) is 4.90 Å². The van der Waals surface area contributed by atoms with E-state index in [2.05, 4.69) is 4.90 Å². The minimum absolute atomic E-state index is 0.0273. The van der Waals surface area contributed by atoms with Crippen LogP contribution in [0.2, 0.25) is 4.34 Å². The molecule has 0 bridgehead atoms. The van der Waals surface area contributed by atoms with Crippen molar-refractivity contribution in [2.24, 2.45) is 5.73 Å². The van der Waals surface area contributed by atoms with E-state index in [4.69, 9.17) is 17.3 Å². The first kappa shape index (κ1) is 14.9. The van der Waals surface area contributed by atoms with Crippen molar-refractivity contribution in [1.29, 1.82) is 0 Å². The Hall–Kier alpha value is -0.130. The third kappa shape index (κ3) is 3.42. The number of aliphatic hydroxyl groups excluding tert-OH is 1. The van der Waals surface area contributed by atoms with Crippen molar-refractivity contribution in [3.05, 3.63) is 21.3 Å². The van der Waals surface area contributed by atoms with Crippen LogP contribution in [0, 0.1) is 0 Å². The van der Waals surface area contributed by atoms with Gasteiger partial charge in [0.25, 0.3) is 0 Å². The second-order valence-electron chi connectivity index (χ2n) is 5.03. The molecule has 1 aromatic rings. The highest BCUT2D eigenvalue weighted by Gasteiger charge is 2.32. The SMILES string of the molecule is CC(N)C(c1ccc(Cl)s1)N(C)C(C)(C)CO. The maximum atomic E-state index is 9.44. The van der Waals surface area contributed by atoms with Crippen LogP contribution in [0.1, 0.15) is 31.7 Å². The Morgan fingerprint density at radius 3 is 2.47 bits per heavy atom. The van der Waals surface area contributed by atoms with E-state index < -0.39 is 0 Å². The summed E-state index contributed by atoms with van der Waals surface area (Å²) in [4.78, 5) is 3.24. The number of likely N-dealkylation sites (N-methyl/N-ethyl adjacent to an activating group) is 1. The molecular weight excluding hydrogens is 256 g/mol. The molecule has 0 aliphatic carbocycles. The van der Waals surface area contributed by atoms with E-state index in [9.17, 15) is 5.11 Å². The molecule has 17 heavy (non-hydrogen) atoms. The first-order chi connectivity index (χ1) is 7.79. The highest BCUT2D eigenvalue weighted by molar-refractivity contribution is 7.16. The smallest absolute Gasteiger partial charge is 0.0931 e. The van der Waals surface area contributed by atoms with E-state index in [0.29, 0.717) is 0 Å². The van der Waals surface area contributed by atoms with Crippen LogP contribution < -0.4 is 5.73 Å². The molecule has 1 aromatic heterocycles. The molecule has 0 saturated heterocycles. The van der Waals surface area contributed by atoms with Gasteiger partial charge in [-0.3, -0.25) is 4.90 Å². The molecule has 5 heteroatoms. The first-order valence-corrected chi connectivity index (χ1v) is 6.83. The molecule has 0 fully saturated rings. The van der Waals surface area contributed by atoms with Gasteiger partial charge in [-0.15, -0.1) is 11.3 Å². The van der Waals surface area contributed by atoms with Gasteiger partial charge in [0.2, 0.25) is 0 Å². The molecule has 0 saturated carbocycles. The van der Waals surface area contributed by atoms with Crippen molar-refractivity contribution in [3.63, 3.8) is 0 Å². The van der Waals surface area contributed by atoms with Gasteiger partial charge in [-0.05, 0) is 40.0 Å². The van der Waals surface area contributed by atoms with E-state index in [1.54, 1.807) is 11.3 Å². The van der Waals surface area contributed by atoms with E-state index in [1.165, 1.54) is 0 Å². The lowest BCUT2D eigenvalue weighted by atomic mass is 9.98. The topological polar surface area (TPSA) is 49.5 Å². The number of rotatable bonds is 5. The highest BCUT2D eigenvalue weighted by Crippen LogP contribution is 2.34. The Kier molecular flexibility index (Phi) is 4.98. The molecule has 0 aromatic carbocycles. The second-order valence-corrected chi connectivity index (χ2v) is 6.77. The van der Waals surface area contributed by atoms with Crippen LogP contribution in [-0.2, 0) is 0 Å². The molecular formula is C12H21ClN2OS. The van der Waals surface area contributed by atoms with Gasteiger partial charge < -0.3 is 10.8 Å². The summed E-state index contributed by atoms with van der Waals surface area (Å²) in [5, 5.41) is 9.44. The van der Waals surface area contributed by atoms with Gasteiger partial charge in [-0.2, -0.15) is 0 Å². The Balaban J connectivity index is 3.02. The van der Waals surface area contributed by atoms with Crippen LogP contribution in [0.5, 0.6) is 0 Å². The number of hydrogen-bond acceptors (Lipinski definition) is 4. The molecule has 3 nitrogen and oxygen atoms in total. The number of aliphatic hydroxyl groups is 1. The third-order valence-electron chi connectivity index (χ3n) is 3.14. The summed E-state index contributed by atoms with van der Waals surface area (Å²) in [6.07, 6.45) is 0. The molecule has 3 N–H and O–H groups in total. The highest BCUT2D eigenvalue weighted by atomic mass is 35.5. The third-order valence-corrected chi connectivity index (χ3v) is 4.44. The van der Waals surface area contributed by atoms with E-state index >= 15 is 0 Å². The Labute approximate surface area is 112 Å². The number of halogens is 1. The van der Waals surface area contributed by atoms with Crippen LogP contribution in [0.3, 0.4) is 0 Å². The van der Waals surface area contributed by atoms with Gasteiger partial charge in [-0.1, -0.05) is 11.6 Å². The lowest BCUT2D eigenvalue weighted by Gasteiger charge is -2.41. The van der Waals surface area contributed by atoms with E-state index in [-0.39, 0.29) is 24.2 Å². The lowest BCUT2D eigenvalue weighted by molar-refractivity contribution is 0.0383. The summed E-state index contributed by atoms with van der Waals surface area (Å²) < 4.78 is 0.765. The molecule has 0 radical (unpaired) electrons. The van der Waals surface area contributed by atoms with Crippen LogP contribution in [0.4, 0.5) is 0 Å². The van der Waals surface area contributed by atoms with Crippen molar-refractivity contribution in [2.75, 3.05) is 13.7 Å². The van der Waals surface area contributed by atoms with Gasteiger partial charge in [0.05, 0.1) is 17.0 Å². The zero-order valence-electron chi connectivity index (χ0n) is 10.8. The zero-order chi connectivity index (χ0) is 13.2. The lowest BCUT2D eigenvalue weighted by Crippen LogP contribution is -2.50. The zero-order valence-corrected chi connectivity index (χ0v) is 12.3. The summed E-state index contributed by atoms with van der Waals surface area (Å²) in [6, 6.07) is 3.93. The van der Waals surface area contributed by atoms with E-state index in [0.717, 1.165) is 9.21 Å². The predicted octanol–water partition coefficient (Wildman–Crippen LogP) is 2.49. The molecule has 2 atom stereocenters. The summed E-state index contributed by atoms with van der Waals surface area (Å²) in [7, 11) is 1.98. The van der Waals surface area contributed by atoms with Gasteiger partial charge in [-0.25, -0.2) is 0 Å².